The van der Waals surface area contributed by atoms with E-state index in [1.54, 1.807) is 12.3 Å². The minimum Gasteiger partial charge on any atom is -0.469 e. The molecule has 0 radical (unpaired) electrons. The molecule has 1 heterocycles. The van der Waals surface area contributed by atoms with Gasteiger partial charge in [0.1, 0.15) is 11.6 Å². The Morgan fingerprint density at radius 1 is 1.17 bits per heavy atom. The SMILES string of the molecule is CCCCNC(=NCc1cccc(F)c1)NCCc1ccco1. The molecule has 5 heteroatoms. The normalized spacial score (nSPS) is 11.5. The van der Waals surface area contributed by atoms with E-state index in [0.29, 0.717) is 6.54 Å². The van der Waals surface area contributed by atoms with Gasteiger partial charge in [0, 0.05) is 19.5 Å². The summed E-state index contributed by atoms with van der Waals surface area (Å²) in [7, 11) is 0. The molecule has 2 aromatic rings. The van der Waals surface area contributed by atoms with E-state index >= 15 is 0 Å². The number of rotatable bonds is 8. The summed E-state index contributed by atoms with van der Waals surface area (Å²) in [6, 6.07) is 10.4. The van der Waals surface area contributed by atoms with Crippen molar-refractivity contribution in [2.45, 2.75) is 32.7 Å². The Labute approximate surface area is 136 Å². The highest BCUT2D eigenvalue weighted by atomic mass is 19.1. The molecule has 0 aliphatic rings. The zero-order chi connectivity index (χ0) is 16.3. The quantitative estimate of drug-likeness (QED) is 0.445. The highest BCUT2D eigenvalue weighted by molar-refractivity contribution is 5.79. The zero-order valence-electron chi connectivity index (χ0n) is 13.5. The van der Waals surface area contributed by atoms with Crippen molar-refractivity contribution in [1.82, 2.24) is 10.6 Å². The number of halogens is 1. The summed E-state index contributed by atoms with van der Waals surface area (Å²) in [6.45, 7) is 4.19. The molecule has 0 aliphatic heterocycles. The number of guanidine groups is 1. The molecule has 0 spiro atoms. The molecule has 0 atom stereocenters. The molecule has 124 valence electrons. The van der Waals surface area contributed by atoms with Crippen molar-refractivity contribution in [2.75, 3.05) is 13.1 Å². The lowest BCUT2D eigenvalue weighted by molar-refractivity contribution is 0.506. The highest BCUT2D eigenvalue weighted by Gasteiger charge is 2.01. The van der Waals surface area contributed by atoms with Gasteiger partial charge in [0.2, 0.25) is 0 Å². The molecule has 0 fully saturated rings. The first kappa shape index (κ1) is 17.1. The van der Waals surface area contributed by atoms with Gasteiger partial charge in [-0.2, -0.15) is 0 Å². The lowest BCUT2D eigenvalue weighted by Gasteiger charge is -2.12. The van der Waals surface area contributed by atoms with Crippen LogP contribution in [0.25, 0.3) is 0 Å². The van der Waals surface area contributed by atoms with Crippen molar-refractivity contribution >= 4 is 5.96 Å². The zero-order valence-corrected chi connectivity index (χ0v) is 13.5. The molecule has 1 aromatic heterocycles. The lowest BCUT2D eigenvalue weighted by Crippen LogP contribution is -2.38. The van der Waals surface area contributed by atoms with Crippen LogP contribution in [-0.4, -0.2) is 19.0 Å². The molecule has 4 nitrogen and oxygen atoms in total. The Morgan fingerprint density at radius 3 is 2.78 bits per heavy atom. The van der Waals surface area contributed by atoms with Gasteiger partial charge in [0.25, 0.3) is 0 Å². The average Bonchev–Trinajstić information content (AvgIpc) is 3.06. The first-order valence-corrected chi connectivity index (χ1v) is 8.07. The smallest absolute Gasteiger partial charge is 0.191 e. The van der Waals surface area contributed by atoms with Crippen molar-refractivity contribution in [1.29, 1.82) is 0 Å². The Hall–Kier alpha value is -2.30. The third-order valence-corrected chi connectivity index (χ3v) is 3.38. The van der Waals surface area contributed by atoms with Crippen LogP contribution < -0.4 is 10.6 Å². The summed E-state index contributed by atoms with van der Waals surface area (Å²) in [5.41, 5.74) is 0.854. The monoisotopic (exact) mass is 317 g/mol. The molecule has 0 saturated heterocycles. The predicted molar refractivity (Wildman–Crippen MR) is 90.9 cm³/mol. The van der Waals surface area contributed by atoms with Crippen molar-refractivity contribution < 1.29 is 8.81 Å². The molecular weight excluding hydrogens is 293 g/mol. The van der Waals surface area contributed by atoms with Gasteiger partial charge in [-0.15, -0.1) is 0 Å². The number of nitrogens with one attached hydrogen (secondary N) is 2. The topological polar surface area (TPSA) is 49.6 Å². The van der Waals surface area contributed by atoms with Crippen molar-refractivity contribution in [2.24, 2.45) is 4.99 Å². The number of hydrogen-bond acceptors (Lipinski definition) is 2. The van der Waals surface area contributed by atoms with Crippen LogP contribution in [0, 0.1) is 5.82 Å². The number of nitrogens with zero attached hydrogens (tertiary/aromatic N) is 1. The third kappa shape index (κ3) is 6.55. The second-order valence-corrected chi connectivity index (χ2v) is 5.33. The van der Waals surface area contributed by atoms with E-state index in [2.05, 4.69) is 22.5 Å². The minimum atomic E-state index is -0.232. The van der Waals surface area contributed by atoms with Crippen LogP contribution >= 0.6 is 0 Å². The predicted octanol–water partition coefficient (Wildman–Crippen LogP) is 3.50. The van der Waals surface area contributed by atoms with E-state index in [0.717, 1.165) is 49.6 Å². The number of unbranched alkanes of at least 4 members (excludes halogenated alkanes) is 1. The summed E-state index contributed by atoms with van der Waals surface area (Å²) in [4.78, 5) is 4.52. The van der Waals surface area contributed by atoms with Crippen LogP contribution in [0.4, 0.5) is 4.39 Å². The maximum absolute atomic E-state index is 13.2. The lowest BCUT2D eigenvalue weighted by atomic mass is 10.2. The van der Waals surface area contributed by atoms with Gasteiger partial charge in [-0.3, -0.25) is 0 Å². The minimum absolute atomic E-state index is 0.232. The second kappa shape index (κ2) is 9.66. The fourth-order valence-corrected chi connectivity index (χ4v) is 2.12. The summed E-state index contributed by atoms with van der Waals surface area (Å²) in [6.07, 6.45) is 4.67. The summed E-state index contributed by atoms with van der Waals surface area (Å²) in [5.74, 6) is 1.45. The van der Waals surface area contributed by atoms with Crippen molar-refractivity contribution in [3.05, 3.63) is 59.8 Å². The second-order valence-electron chi connectivity index (χ2n) is 5.33. The fraction of sp³-hybridized carbons (Fsp3) is 0.389. The average molecular weight is 317 g/mol. The van der Waals surface area contributed by atoms with Gasteiger partial charge in [0.15, 0.2) is 5.96 Å². The van der Waals surface area contributed by atoms with Gasteiger partial charge in [0.05, 0.1) is 12.8 Å². The molecule has 0 unspecified atom stereocenters. The molecule has 2 rings (SSSR count). The number of aliphatic imine (C=N–C) groups is 1. The van der Waals surface area contributed by atoms with E-state index in [1.165, 1.54) is 12.1 Å². The van der Waals surface area contributed by atoms with Crippen LogP contribution in [0.1, 0.15) is 31.1 Å². The van der Waals surface area contributed by atoms with Crippen LogP contribution in [0.3, 0.4) is 0 Å². The first-order valence-electron chi connectivity index (χ1n) is 8.07. The molecule has 23 heavy (non-hydrogen) atoms. The van der Waals surface area contributed by atoms with Crippen molar-refractivity contribution in [3.8, 4) is 0 Å². The van der Waals surface area contributed by atoms with Gasteiger partial charge in [-0.25, -0.2) is 9.38 Å². The Kier molecular flexibility index (Phi) is 7.17. The van der Waals surface area contributed by atoms with E-state index in [4.69, 9.17) is 4.42 Å². The van der Waals surface area contributed by atoms with E-state index in [1.807, 2.05) is 18.2 Å². The van der Waals surface area contributed by atoms with Gasteiger partial charge in [-0.05, 0) is 36.2 Å². The summed E-state index contributed by atoms with van der Waals surface area (Å²) in [5, 5.41) is 6.59. The van der Waals surface area contributed by atoms with Crippen LogP contribution in [0.2, 0.25) is 0 Å². The van der Waals surface area contributed by atoms with Crippen LogP contribution in [0.15, 0.2) is 52.1 Å². The maximum atomic E-state index is 13.2. The van der Waals surface area contributed by atoms with Gasteiger partial charge < -0.3 is 15.1 Å². The highest BCUT2D eigenvalue weighted by Crippen LogP contribution is 2.04. The van der Waals surface area contributed by atoms with Crippen LogP contribution in [-0.2, 0) is 13.0 Å². The first-order chi connectivity index (χ1) is 11.3. The number of furan rings is 1. The Balaban J connectivity index is 1.87. The Bertz CT molecular complexity index is 596. The van der Waals surface area contributed by atoms with Gasteiger partial charge >= 0.3 is 0 Å². The van der Waals surface area contributed by atoms with E-state index < -0.39 is 0 Å². The fourth-order valence-electron chi connectivity index (χ4n) is 2.12. The molecular formula is C18H24FN3O. The van der Waals surface area contributed by atoms with E-state index in [-0.39, 0.29) is 5.82 Å². The molecule has 0 bridgehead atoms. The third-order valence-electron chi connectivity index (χ3n) is 3.38. The Morgan fingerprint density at radius 2 is 2.04 bits per heavy atom. The summed E-state index contributed by atoms with van der Waals surface area (Å²) >= 11 is 0. The maximum Gasteiger partial charge on any atom is 0.191 e. The molecule has 1 aromatic carbocycles. The summed E-state index contributed by atoms with van der Waals surface area (Å²) < 4.78 is 18.5. The standard InChI is InChI=1S/C18H24FN3O/c1-2-3-10-20-18(21-11-9-17-8-5-12-23-17)22-14-15-6-4-7-16(19)13-15/h4-8,12-13H,2-3,9-11,14H2,1H3,(H2,20,21,22). The van der Waals surface area contributed by atoms with Crippen molar-refractivity contribution in [3.63, 3.8) is 0 Å². The van der Waals surface area contributed by atoms with Crippen LogP contribution in [0.5, 0.6) is 0 Å². The molecule has 0 aliphatic carbocycles. The molecule has 0 amide bonds. The number of benzene rings is 1. The number of hydrogen-bond donors (Lipinski definition) is 2. The molecule has 2 N–H and O–H groups in total. The largest absolute Gasteiger partial charge is 0.469 e. The molecule has 0 saturated carbocycles. The van der Waals surface area contributed by atoms with E-state index in [9.17, 15) is 4.39 Å². The van der Waals surface area contributed by atoms with Gasteiger partial charge in [-0.1, -0.05) is 25.5 Å².